The molecule has 0 unspecified atom stereocenters. The Balaban J connectivity index is 1.44. The topological polar surface area (TPSA) is 57.6 Å². The number of aliphatic imine (C=N–C) groups is 1. The van der Waals surface area contributed by atoms with Crippen LogP contribution in [0.25, 0.3) is 0 Å². The van der Waals surface area contributed by atoms with E-state index in [9.17, 15) is 22.4 Å². The number of nitrogens with one attached hydrogen (secondary N) is 1. The van der Waals surface area contributed by atoms with E-state index in [4.69, 9.17) is 4.99 Å². The molecular formula is C24H22Br2F4N4O. The van der Waals surface area contributed by atoms with Crippen molar-refractivity contribution < 1.29 is 22.4 Å². The van der Waals surface area contributed by atoms with E-state index in [-0.39, 0.29) is 17.6 Å². The molecular weight excluding hydrogens is 596 g/mol. The molecule has 35 heavy (non-hydrogen) atoms. The maximum Gasteiger partial charge on any atom is 0.433 e. The summed E-state index contributed by atoms with van der Waals surface area (Å²) in [6.07, 6.45) is -2.28. The van der Waals surface area contributed by atoms with Crippen LogP contribution in [-0.2, 0) is 21.7 Å². The summed E-state index contributed by atoms with van der Waals surface area (Å²) in [4.78, 5) is 23.8. The molecule has 1 aliphatic carbocycles. The smallest absolute Gasteiger partial charge is 0.371 e. The summed E-state index contributed by atoms with van der Waals surface area (Å²) in [6, 6.07) is 5.59. The lowest BCUT2D eigenvalue weighted by molar-refractivity contribution is -0.141. The quantitative estimate of drug-likeness (QED) is 0.345. The number of alkyl halides is 4. The van der Waals surface area contributed by atoms with Gasteiger partial charge in [0.05, 0.1) is 5.69 Å². The minimum absolute atomic E-state index is 0.264. The highest BCUT2D eigenvalue weighted by Gasteiger charge is 2.49. The van der Waals surface area contributed by atoms with Gasteiger partial charge >= 0.3 is 6.18 Å². The lowest BCUT2D eigenvalue weighted by Crippen LogP contribution is -2.49. The highest BCUT2D eigenvalue weighted by Crippen LogP contribution is 2.49. The van der Waals surface area contributed by atoms with E-state index in [1.807, 2.05) is 17.9 Å². The van der Waals surface area contributed by atoms with E-state index in [2.05, 4.69) is 42.2 Å². The molecule has 1 aromatic heterocycles. The van der Waals surface area contributed by atoms with Crippen LogP contribution in [0, 0.1) is 5.82 Å². The van der Waals surface area contributed by atoms with E-state index in [0.717, 1.165) is 24.6 Å². The second kappa shape index (κ2) is 8.54. The Labute approximate surface area is 216 Å². The minimum atomic E-state index is -4.55. The van der Waals surface area contributed by atoms with Gasteiger partial charge in [0.1, 0.15) is 22.9 Å². The number of benzene rings is 1. The summed E-state index contributed by atoms with van der Waals surface area (Å²) >= 11 is 6.70. The van der Waals surface area contributed by atoms with Crippen molar-refractivity contribution >= 4 is 49.3 Å². The predicted octanol–water partition coefficient (Wildman–Crippen LogP) is 5.86. The first-order valence-corrected chi connectivity index (χ1v) is 13.2. The van der Waals surface area contributed by atoms with Crippen LogP contribution < -0.4 is 10.2 Å². The molecule has 0 radical (unpaired) electrons. The van der Waals surface area contributed by atoms with Crippen molar-refractivity contribution in [2.24, 2.45) is 4.99 Å². The Morgan fingerprint density at radius 1 is 1.14 bits per heavy atom. The zero-order chi connectivity index (χ0) is 25.2. The van der Waals surface area contributed by atoms with Crippen LogP contribution >= 0.6 is 31.9 Å². The maximum atomic E-state index is 14.5. The Hall–Kier alpha value is -2.01. The van der Waals surface area contributed by atoms with Gasteiger partial charge in [0.2, 0.25) is 0 Å². The molecule has 1 amide bonds. The third-order valence-electron chi connectivity index (χ3n) is 7.19. The van der Waals surface area contributed by atoms with Gasteiger partial charge < -0.3 is 10.2 Å². The third kappa shape index (κ3) is 4.39. The summed E-state index contributed by atoms with van der Waals surface area (Å²) in [5.41, 5.74) is -0.339. The number of carbonyl (C=O) groups is 1. The minimum Gasteiger partial charge on any atom is -0.371 e. The second-order valence-corrected chi connectivity index (χ2v) is 11.1. The van der Waals surface area contributed by atoms with Crippen molar-refractivity contribution in [3.8, 4) is 0 Å². The van der Waals surface area contributed by atoms with Crippen LogP contribution in [0.5, 0.6) is 0 Å². The average molecular weight is 618 g/mol. The Kier molecular flexibility index (Phi) is 6.02. The number of halogens is 6. The molecule has 186 valence electrons. The zero-order valence-electron chi connectivity index (χ0n) is 18.8. The first kappa shape index (κ1) is 24.7. The molecule has 5 rings (SSSR count). The molecule has 2 fully saturated rings. The Bertz CT molecular complexity index is 1230. The van der Waals surface area contributed by atoms with Gasteiger partial charge in [-0.15, -0.1) is 0 Å². The van der Waals surface area contributed by atoms with E-state index in [1.54, 1.807) is 0 Å². The number of hydrogen-bond donors (Lipinski definition) is 1. The van der Waals surface area contributed by atoms with Gasteiger partial charge in [-0.3, -0.25) is 9.79 Å². The van der Waals surface area contributed by atoms with E-state index < -0.39 is 22.8 Å². The van der Waals surface area contributed by atoms with Crippen LogP contribution in [0.4, 0.5) is 23.2 Å². The zero-order valence-corrected chi connectivity index (χ0v) is 21.9. The van der Waals surface area contributed by atoms with Gasteiger partial charge in [0.25, 0.3) is 5.91 Å². The van der Waals surface area contributed by atoms with Crippen molar-refractivity contribution in [3.05, 3.63) is 57.1 Å². The summed E-state index contributed by atoms with van der Waals surface area (Å²) in [7, 11) is 0. The first-order chi connectivity index (χ1) is 16.5. The molecule has 2 aliphatic heterocycles. The monoisotopic (exact) mass is 616 g/mol. The number of anilines is 1. The van der Waals surface area contributed by atoms with Gasteiger partial charge in [-0.05, 0) is 49.9 Å². The van der Waals surface area contributed by atoms with Gasteiger partial charge in [0.15, 0.2) is 0 Å². The number of amidine groups is 1. The average Bonchev–Trinajstić information content (AvgIpc) is 3.48. The fraction of sp³-hybridized carbons (Fsp3) is 0.458. The van der Waals surface area contributed by atoms with Crippen molar-refractivity contribution in [2.45, 2.75) is 55.1 Å². The number of hydrogen-bond acceptors (Lipinski definition) is 4. The standard InChI is InChI=1S/C24H22Br2F4N4O/c1-22(4-5-22)19-14(2-3-18(31-19)24(28,29)30)20-32-21(35)23(33-20)6-8-34(9-7-23)17-11-13(26)10-16(27)15(17)12-25/h2-3,10-11H,4-9,12H2,1H3,(H,32,33,35). The number of rotatable bonds is 4. The van der Waals surface area contributed by atoms with E-state index in [0.29, 0.717) is 52.6 Å². The number of pyridine rings is 1. The predicted molar refractivity (Wildman–Crippen MR) is 131 cm³/mol. The molecule has 11 heteroatoms. The summed E-state index contributed by atoms with van der Waals surface area (Å²) in [5.74, 6) is -0.302. The molecule has 1 aromatic carbocycles. The maximum absolute atomic E-state index is 14.5. The molecule has 1 N–H and O–H groups in total. The number of piperidine rings is 1. The second-order valence-electron chi connectivity index (χ2n) is 9.60. The SMILES string of the molecule is CC1(c2nc(C(F)(F)F)ccc2C2=NC3(CCN(c4cc(Br)cc(F)c4CBr)CC3)C(=O)N2)CC1. The number of aromatic nitrogens is 1. The van der Waals surface area contributed by atoms with Crippen LogP contribution in [0.2, 0.25) is 0 Å². The Morgan fingerprint density at radius 2 is 1.83 bits per heavy atom. The summed E-state index contributed by atoms with van der Waals surface area (Å²) in [5, 5.41) is 3.18. The lowest BCUT2D eigenvalue weighted by Gasteiger charge is -2.37. The van der Waals surface area contributed by atoms with Crippen LogP contribution in [0.3, 0.4) is 0 Å². The van der Waals surface area contributed by atoms with Crippen LogP contribution in [-0.4, -0.2) is 35.4 Å². The fourth-order valence-corrected chi connectivity index (χ4v) is 5.77. The third-order valence-corrected chi connectivity index (χ3v) is 8.21. The molecule has 2 aromatic rings. The molecule has 1 saturated heterocycles. The number of carbonyl (C=O) groups excluding carboxylic acids is 1. The largest absolute Gasteiger partial charge is 0.433 e. The van der Waals surface area contributed by atoms with Crippen LogP contribution in [0.15, 0.2) is 33.7 Å². The highest BCUT2D eigenvalue weighted by atomic mass is 79.9. The molecule has 0 bridgehead atoms. The molecule has 5 nitrogen and oxygen atoms in total. The van der Waals surface area contributed by atoms with Gasteiger partial charge in [0, 0.05) is 45.1 Å². The number of nitrogens with zero attached hydrogens (tertiary/aromatic N) is 3. The van der Waals surface area contributed by atoms with Gasteiger partial charge in [-0.25, -0.2) is 9.37 Å². The van der Waals surface area contributed by atoms with Crippen molar-refractivity contribution in [1.29, 1.82) is 0 Å². The van der Waals surface area contributed by atoms with Gasteiger partial charge in [-0.2, -0.15) is 13.2 Å². The van der Waals surface area contributed by atoms with Crippen molar-refractivity contribution in [1.82, 2.24) is 10.3 Å². The van der Waals surface area contributed by atoms with Crippen LogP contribution in [0.1, 0.15) is 55.1 Å². The van der Waals surface area contributed by atoms with E-state index in [1.165, 1.54) is 12.1 Å². The highest BCUT2D eigenvalue weighted by molar-refractivity contribution is 9.10. The van der Waals surface area contributed by atoms with E-state index >= 15 is 0 Å². The summed E-state index contributed by atoms with van der Waals surface area (Å²) < 4.78 is 55.0. The molecule has 3 heterocycles. The summed E-state index contributed by atoms with van der Waals surface area (Å²) in [6.45, 7) is 2.84. The normalized spacial score (nSPS) is 20.7. The molecule has 1 saturated carbocycles. The first-order valence-electron chi connectivity index (χ1n) is 11.2. The molecule has 1 spiro atoms. The van der Waals surface area contributed by atoms with Crippen molar-refractivity contribution in [2.75, 3.05) is 18.0 Å². The fourth-order valence-electron chi connectivity index (χ4n) is 4.80. The molecule has 0 atom stereocenters. The Morgan fingerprint density at radius 3 is 2.43 bits per heavy atom. The lowest BCUT2D eigenvalue weighted by atomic mass is 9.87. The van der Waals surface area contributed by atoms with Crippen molar-refractivity contribution in [3.63, 3.8) is 0 Å². The number of amides is 1. The van der Waals surface area contributed by atoms with Gasteiger partial charge in [-0.1, -0.05) is 38.8 Å². The molecule has 3 aliphatic rings.